The summed E-state index contributed by atoms with van der Waals surface area (Å²) in [6.07, 6.45) is 2.91. The largest absolute Gasteiger partial charge is 0.493 e. The summed E-state index contributed by atoms with van der Waals surface area (Å²) in [6, 6.07) is 8.62. The van der Waals surface area contributed by atoms with Gasteiger partial charge in [0.2, 0.25) is 0 Å². The van der Waals surface area contributed by atoms with Gasteiger partial charge in [0.15, 0.2) is 0 Å². The molecule has 5 nitrogen and oxygen atoms in total. The second kappa shape index (κ2) is 6.85. The highest BCUT2D eigenvalue weighted by Crippen LogP contribution is 2.61. The van der Waals surface area contributed by atoms with Gasteiger partial charge >= 0.3 is 5.63 Å². The van der Waals surface area contributed by atoms with Crippen LogP contribution in [0.1, 0.15) is 53.4 Å². The number of ether oxygens (including phenoxy) is 1. The van der Waals surface area contributed by atoms with Crippen LogP contribution in [-0.4, -0.2) is 28.5 Å². The van der Waals surface area contributed by atoms with Crippen LogP contribution in [0.25, 0.3) is 11.0 Å². The lowest BCUT2D eigenvalue weighted by molar-refractivity contribution is -0.201. The van der Waals surface area contributed by atoms with Crippen LogP contribution in [0, 0.1) is 22.7 Å². The van der Waals surface area contributed by atoms with Crippen molar-refractivity contribution in [1.29, 1.82) is 0 Å². The maximum absolute atomic E-state index is 11.5. The third-order valence-corrected chi connectivity index (χ3v) is 8.01. The van der Waals surface area contributed by atoms with Crippen molar-refractivity contribution in [2.24, 2.45) is 22.7 Å². The summed E-state index contributed by atoms with van der Waals surface area (Å²) >= 11 is 0. The molecule has 1 heterocycles. The van der Waals surface area contributed by atoms with Gasteiger partial charge in [-0.15, -0.1) is 0 Å². The van der Waals surface area contributed by atoms with Gasteiger partial charge in [0.1, 0.15) is 11.3 Å². The van der Waals surface area contributed by atoms with E-state index in [4.69, 9.17) is 9.15 Å². The van der Waals surface area contributed by atoms with Crippen molar-refractivity contribution in [3.63, 3.8) is 0 Å². The third-order valence-electron chi connectivity index (χ3n) is 8.01. The van der Waals surface area contributed by atoms with Gasteiger partial charge in [-0.25, -0.2) is 4.79 Å². The summed E-state index contributed by atoms with van der Waals surface area (Å²) < 4.78 is 11.4. The van der Waals surface area contributed by atoms with Crippen molar-refractivity contribution in [2.45, 2.75) is 65.1 Å². The highest BCUT2D eigenvalue weighted by atomic mass is 16.5. The highest BCUT2D eigenvalue weighted by Gasteiger charge is 2.60. The quantitative estimate of drug-likeness (QED) is 0.757. The van der Waals surface area contributed by atoms with Gasteiger partial charge < -0.3 is 19.4 Å². The van der Waals surface area contributed by atoms with E-state index >= 15 is 0 Å². The second-order valence-corrected chi connectivity index (χ2v) is 10.1. The summed E-state index contributed by atoms with van der Waals surface area (Å²) in [5, 5.41) is 22.7. The molecule has 0 spiro atoms. The number of rotatable bonds is 3. The van der Waals surface area contributed by atoms with E-state index < -0.39 is 5.60 Å². The smallest absolute Gasteiger partial charge is 0.336 e. The van der Waals surface area contributed by atoms with Crippen molar-refractivity contribution in [3.8, 4) is 5.75 Å². The normalized spacial score (nSPS) is 36.6. The van der Waals surface area contributed by atoms with Crippen LogP contribution >= 0.6 is 0 Å². The first-order chi connectivity index (χ1) is 13.5. The van der Waals surface area contributed by atoms with Crippen LogP contribution in [0.5, 0.6) is 5.75 Å². The molecule has 1 aromatic carbocycles. The number of hydrogen-bond acceptors (Lipinski definition) is 5. The fourth-order valence-electron chi connectivity index (χ4n) is 6.20. The van der Waals surface area contributed by atoms with Crippen molar-refractivity contribution >= 4 is 11.0 Å². The monoisotopic (exact) mass is 400 g/mol. The predicted octanol–water partition coefficient (Wildman–Crippen LogP) is 4.14. The van der Waals surface area contributed by atoms with E-state index in [1.807, 2.05) is 19.1 Å². The lowest BCUT2D eigenvalue weighted by atomic mass is 9.45. The standard InChI is InChI=1S/C24H32O5/c1-22(2)18-9-12-24(4,27)19(23(18,3)11-10-20(22)25)14-28-16-7-5-15-6-8-21(26)29-17(15)13-16/h5-8,13,18-20,25,27H,9-12,14H2,1-4H3/t18-,19+,20+,23-,24-/m0/s1. The minimum absolute atomic E-state index is 0.0565. The summed E-state index contributed by atoms with van der Waals surface area (Å²) in [4.78, 5) is 11.5. The molecule has 0 aliphatic heterocycles. The maximum atomic E-state index is 11.5. The van der Waals surface area contributed by atoms with Gasteiger partial charge in [-0.1, -0.05) is 20.8 Å². The van der Waals surface area contributed by atoms with Gasteiger partial charge in [-0.3, -0.25) is 0 Å². The van der Waals surface area contributed by atoms with Gasteiger partial charge in [-0.2, -0.15) is 0 Å². The van der Waals surface area contributed by atoms with E-state index in [1.165, 1.54) is 6.07 Å². The van der Waals surface area contributed by atoms with Gasteiger partial charge in [0, 0.05) is 23.4 Å². The van der Waals surface area contributed by atoms with Crippen LogP contribution in [0.4, 0.5) is 0 Å². The molecule has 2 aliphatic carbocycles. The molecular formula is C24H32O5. The maximum Gasteiger partial charge on any atom is 0.336 e. The molecule has 0 bridgehead atoms. The van der Waals surface area contributed by atoms with E-state index in [-0.39, 0.29) is 28.5 Å². The molecular weight excluding hydrogens is 368 g/mol. The minimum atomic E-state index is -0.826. The zero-order valence-corrected chi connectivity index (χ0v) is 17.8. The fourth-order valence-corrected chi connectivity index (χ4v) is 6.20. The number of hydrogen-bond donors (Lipinski definition) is 2. The molecule has 4 rings (SSSR count). The lowest BCUT2D eigenvalue weighted by Gasteiger charge is -2.62. The molecule has 29 heavy (non-hydrogen) atoms. The molecule has 2 saturated carbocycles. The minimum Gasteiger partial charge on any atom is -0.493 e. The summed E-state index contributed by atoms with van der Waals surface area (Å²) in [7, 11) is 0. The Labute approximate surface area is 171 Å². The zero-order valence-electron chi connectivity index (χ0n) is 17.8. The fraction of sp³-hybridized carbons (Fsp3) is 0.625. The van der Waals surface area contributed by atoms with Gasteiger partial charge in [0.05, 0.1) is 18.3 Å². The van der Waals surface area contributed by atoms with E-state index in [1.54, 1.807) is 12.1 Å². The molecule has 1 aromatic heterocycles. The third kappa shape index (κ3) is 3.38. The average Bonchev–Trinajstić information content (AvgIpc) is 2.64. The van der Waals surface area contributed by atoms with Crippen molar-refractivity contribution < 1.29 is 19.4 Å². The first-order valence-corrected chi connectivity index (χ1v) is 10.6. The van der Waals surface area contributed by atoms with E-state index in [2.05, 4.69) is 20.8 Å². The molecule has 0 radical (unpaired) electrons. The Hall–Kier alpha value is -1.85. The van der Waals surface area contributed by atoms with E-state index in [9.17, 15) is 15.0 Å². The highest BCUT2D eigenvalue weighted by molar-refractivity contribution is 5.77. The first-order valence-electron chi connectivity index (χ1n) is 10.6. The Morgan fingerprint density at radius 1 is 1.10 bits per heavy atom. The van der Waals surface area contributed by atoms with Crippen LogP contribution in [0.15, 0.2) is 39.5 Å². The first kappa shape index (κ1) is 20.4. The number of aliphatic hydroxyl groups is 2. The Kier molecular flexibility index (Phi) is 4.82. The van der Waals surface area contributed by atoms with Crippen LogP contribution in [-0.2, 0) is 0 Å². The van der Waals surface area contributed by atoms with E-state index in [0.717, 1.165) is 24.6 Å². The summed E-state index contributed by atoms with van der Waals surface area (Å²) in [5.41, 5.74) is -1.02. The second-order valence-electron chi connectivity index (χ2n) is 10.1. The molecule has 158 valence electrons. The predicted molar refractivity (Wildman–Crippen MR) is 112 cm³/mol. The molecule has 0 amide bonds. The molecule has 2 N–H and O–H groups in total. The average molecular weight is 401 g/mol. The molecule has 0 saturated heterocycles. The Bertz CT molecular complexity index is 959. The Morgan fingerprint density at radius 3 is 2.59 bits per heavy atom. The van der Waals surface area contributed by atoms with Crippen LogP contribution in [0.3, 0.4) is 0 Å². The molecule has 0 unspecified atom stereocenters. The van der Waals surface area contributed by atoms with Crippen molar-refractivity contribution in [1.82, 2.24) is 0 Å². The molecule has 5 atom stereocenters. The SMILES string of the molecule is CC1(C)[C@H](O)CC[C@]2(C)[C@@H](COc3ccc4ccc(=O)oc4c3)[C@@](C)(O)CC[C@@H]12. The van der Waals surface area contributed by atoms with Crippen molar-refractivity contribution in [3.05, 3.63) is 40.8 Å². The van der Waals surface area contributed by atoms with Crippen molar-refractivity contribution in [2.75, 3.05) is 6.61 Å². The number of fused-ring (bicyclic) bond motifs is 2. The topological polar surface area (TPSA) is 79.9 Å². The van der Waals surface area contributed by atoms with Gasteiger partial charge in [0.25, 0.3) is 0 Å². The number of aliphatic hydroxyl groups excluding tert-OH is 1. The number of benzene rings is 1. The summed E-state index contributed by atoms with van der Waals surface area (Å²) in [6.45, 7) is 8.87. The zero-order chi connectivity index (χ0) is 21.0. The summed E-state index contributed by atoms with van der Waals surface area (Å²) in [5.74, 6) is 0.893. The Morgan fingerprint density at radius 2 is 1.83 bits per heavy atom. The molecule has 2 fully saturated rings. The molecule has 2 aliphatic rings. The van der Waals surface area contributed by atoms with Gasteiger partial charge in [-0.05, 0) is 67.6 Å². The molecule has 5 heteroatoms. The lowest BCUT2D eigenvalue weighted by Crippen LogP contribution is -2.61. The van der Waals surface area contributed by atoms with Crippen LogP contribution in [0.2, 0.25) is 0 Å². The molecule has 2 aromatic rings. The van der Waals surface area contributed by atoms with E-state index in [0.29, 0.717) is 30.3 Å². The van der Waals surface area contributed by atoms with Crippen LogP contribution < -0.4 is 10.4 Å². The Balaban J connectivity index is 1.61.